The third kappa shape index (κ3) is 4.93. The van der Waals surface area contributed by atoms with E-state index >= 15 is 0 Å². The molecule has 0 spiro atoms. The van der Waals surface area contributed by atoms with Crippen molar-refractivity contribution in [2.45, 2.75) is 45.1 Å². The standard InChI is InChI=1S/C27H33N5O6/c1-4-5-21-26(34)30(14-19-8-11-22-23(12-19)38-17-37-22)15-24-31(21)25(33)16-29(2)32(24)27(35)28-13-18-6-9-20(36-3)10-7-18/h6-12,21,24H,4-5,13-17H2,1-3H3,(H,28,35)/t21-,24-/m0/s1. The minimum atomic E-state index is -0.633. The van der Waals surface area contributed by atoms with Crippen LogP contribution in [0.15, 0.2) is 42.5 Å². The van der Waals surface area contributed by atoms with Crippen LogP contribution in [0, 0.1) is 0 Å². The third-order valence-electron chi connectivity index (χ3n) is 7.12. The van der Waals surface area contributed by atoms with Crippen molar-refractivity contribution in [2.24, 2.45) is 0 Å². The van der Waals surface area contributed by atoms with Gasteiger partial charge in [0.05, 0.1) is 20.2 Å². The first-order valence-corrected chi connectivity index (χ1v) is 12.8. The summed E-state index contributed by atoms with van der Waals surface area (Å²) in [6.45, 7) is 3.01. The van der Waals surface area contributed by atoms with E-state index in [0.29, 0.717) is 31.0 Å². The van der Waals surface area contributed by atoms with Crippen LogP contribution >= 0.6 is 0 Å². The van der Waals surface area contributed by atoms with Gasteiger partial charge in [-0.05, 0) is 41.8 Å². The molecule has 202 valence electrons. The zero-order chi connectivity index (χ0) is 26.8. The number of fused-ring (bicyclic) bond motifs is 2. The Labute approximate surface area is 221 Å². The second-order valence-corrected chi connectivity index (χ2v) is 9.66. The first-order chi connectivity index (χ1) is 18.4. The Morgan fingerprint density at radius 3 is 2.55 bits per heavy atom. The van der Waals surface area contributed by atoms with Gasteiger partial charge in [0.1, 0.15) is 18.0 Å². The maximum atomic E-state index is 13.6. The molecule has 0 aromatic heterocycles. The van der Waals surface area contributed by atoms with Crippen molar-refractivity contribution in [3.8, 4) is 17.2 Å². The minimum absolute atomic E-state index is 0.0160. The van der Waals surface area contributed by atoms with Crippen molar-refractivity contribution in [3.05, 3.63) is 53.6 Å². The average molecular weight is 524 g/mol. The molecule has 2 atom stereocenters. The van der Waals surface area contributed by atoms with Gasteiger partial charge >= 0.3 is 6.03 Å². The number of piperazine rings is 1. The lowest BCUT2D eigenvalue weighted by Crippen LogP contribution is -2.75. The van der Waals surface area contributed by atoms with E-state index in [-0.39, 0.29) is 37.7 Å². The highest BCUT2D eigenvalue weighted by Gasteiger charge is 2.50. The van der Waals surface area contributed by atoms with Gasteiger partial charge in [0.2, 0.25) is 18.6 Å². The SMILES string of the molecule is CCC[C@H]1C(=O)N(Cc2ccc3c(c2)OCO3)C[C@H]2N1C(=O)CN(C)N2C(=O)NCc1ccc(OC)cc1. The lowest BCUT2D eigenvalue weighted by Gasteiger charge is -2.54. The maximum absolute atomic E-state index is 13.6. The summed E-state index contributed by atoms with van der Waals surface area (Å²) in [5.41, 5.74) is 1.80. The van der Waals surface area contributed by atoms with Gasteiger partial charge in [-0.1, -0.05) is 31.5 Å². The number of benzene rings is 2. The molecule has 11 heteroatoms. The molecule has 11 nitrogen and oxygen atoms in total. The zero-order valence-electron chi connectivity index (χ0n) is 21.9. The molecule has 2 aromatic rings. The highest BCUT2D eigenvalue weighted by molar-refractivity contribution is 5.91. The first-order valence-electron chi connectivity index (χ1n) is 12.8. The molecule has 2 saturated heterocycles. The van der Waals surface area contributed by atoms with Gasteiger partial charge in [0.15, 0.2) is 11.5 Å². The number of hydrogen-bond donors (Lipinski definition) is 1. The second-order valence-electron chi connectivity index (χ2n) is 9.66. The molecule has 38 heavy (non-hydrogen) atoms. The number of amides is 4. The Morgan fingerprint density at radius 1 is 1.08 bits per heavy atom. The smallest absolute Gasteiger partial charge is 0.334 e. The van der Waals surface area contributed by atoms with E-state index in [0.717, 1.165) is 23.3 Å². The largest absolute Gasteiger partial charge is 0.497 e. The van der Waals surface area contributed by atoms with Crippen molar-refractivity contribution in [1.29, 1.82) is 0 Å². The predicted molar refractivity (Wildman–Crippen MR) is 137 cm³/mol. The van der Waals surface area contributed by atoms with Crippen LogP contribution in [0.4, 0.5) is 4.79 Å². The summed E-state index contributed by atoms with van der Waals surface area (Å²) in [6.07, 6.45) is 0.619. The number of carbonyl (C=O) groups excluding carboxylic acids is 3. The molecule has 0 aliphatic carbocycles. The van der Waals surface area contributed by atoms with Crippen molar-refractivity contribution in [1.82, 2.24) is 25.1 Å². The fourth-order valence-corrected chi connectivity index (χ4v) is 5.26. The fraction of sp³-hybridized carbons (Fsp3) is 0.444. The van der Waals surface area contributed by atoms with Gasteiger partial charge in [0.25, 0.3) is 0 Å². The number of ether oxygens (including phenoxy) is 3. The summed E-state index contributed by atoms with van der Waals surface area (Å²) >= 11 is 0. The van der Waals surface area contributed by atoms with Gasteiger partial charge < -0.3 is 29.3 Å². The normalized spacial score (nSPS) is 21.0. The van der Waals surface area contributed by atoms with E-state index in [1.54, 1.807) is 34.0 Å². The number of nitrogens with one attached hydrogen (secondary N) is 1. The monoisotopic (exact) mass is 523 g/mol. The lowest BCUT2D eigenvalue weighted by molar-refractivity contribution is -0.188. The van der Waals surface area contributed by atoms with E-state index in [9.17, 15) is 14.4 Å². The van der Waals surface area contributed by atoms with Crippen LogP contribution in [0.25, 0.3) is 0 Å². The molecule has 4 amide bonds. The zero-order valence-corrected chi connectivity index (χ0v) is 21.9. The highest BCUT2D eigenvalue weighted by atomic mass is 16.7. The number of carbonyl (C=O) groups is 3. The highest BCUT2D eigenvalue weighted by Crippen LogP contribution is 2.34. The summed E-state index contributed by atoms with van der Waals surface area (Å²) in [5, 5.41) is 6.16. The Hall–Kier alpha value is -3.99. The fourth-order valence-electron chi connectivity index (χ4n) is 5.26. The van der Waals surface area contributed by atoms with Crippen LogP contribution in [0.5, 0.6) is 17.2 Å². The maximum Gasteiger partial charge on any atom is 0.334 e. The molecule has 5 rings (SSSR count). The van der Waals surface area contributed by atoms with Crippen molar-refractivity contribution < 1.29 is 28.6 Å². The van der Waals surface area contributed by atoms with E-state index in [4.69, 9.17) is 14.2 Å². The van der Waals surface area contributed by atoms with E-state index in [2.05, 4.69) is 5.32 Å². The van der Waals surface area contributed by atoms with Crippen LogP contribution in [0.3, 0.4) is 0 Å². The summed E-state index contributed by atoms with van der Waals surface area (Å²) in [5.74, 6) is 1.78. The minimum Gasteiger partial charge on any atom is -0.497 e. The number of hydrogen-bond acceptors (Lipinski definition) is 7. The van der Waals surface area contributed by atoms with Crippen LogP contribution in [-0.4, -0.2) is 83.9 Å². The molecule has 0 saturated carbocycles. The summed E-state index contributed by atoms with van der Waals surface area (Å²) in [6, 6.07) is 12.1. The molecular weight excluding hydrogens is 490 g/mol. The van der Waals surface area contributed by atoms with Gasteiger partial charge in [-0.25, -0.2) is 14.8 Å². The number of methoxy groups -OCH3 is 1. The van der Waals surface area contributed by atoms with Gasteiger partial charge in [-0.2, -0.15) is 0 Å². The molecule has 0 bridgehead atoms. The molecule has 0 unspecified atom stereocenters. The van der Waals surface area contributed by atoms with Gasteiger partial charge in [-0.15, -0.1) is 0 Å². The Morgan fingerprint density at radius 2 is 1.82 bits per heavy atom. The Bertz CT molecular complexity index is 1200. The van der Waals surface area contributed by atoms with E-state index in [1.807, 2.05) is 49.4 Å². The first kappa shape index (κ1) is 25.7. The lowest BCUT2D eigenvalue weighted by atomic mass is 10.0. The van der Waals surface area contributed by atoms with Crippen molar-refractivity contribution in [2.75, 3.05) is 34.0 Å². The molecule has 3 aliphatic rings. The van der Waals surface area contributed by atoms with Crippen LogP contribution in [0.1, 0.15) is 30.9 Å². The van der Waals surface area contributed by atoms with Crippen molar-refractivity contribution in [3.63, 3.8) is 0 Å². The Kier molecular flexibility index (Phi) is 7.28. The van der Waals surface area contributed by atoms with Gasteiger partial charge in [0, 0.05) is 20.1 Å². The number of likely N-dealkylation sites (N-methyl/N-ethyl adjacent to an activating group) is 1. The Balaban J connectivity index is 1.37. The predicted octanol–water partition coefficient (Wildman–Crippen LogP) is 2.16. The molecule has 0 radical (unpaired) electrons. The van der Waals surface area contributed by atoms with Crippen LogP contribution in [0.2, 0.25) is 0 Å². The topological polar surface area (TPSA) is 104 Å². The average Bonchev–Trinajstić information content (AvgIpc) is 3.38. The number of nitrogens with zero attached hydrogens (tertiary/aromatic N) is 4. The summed E-state index contributed by atoms with van der Waals surface area (Å²) in [4.78, 5) is 43.6. The second kappa shape index (κ2) is 10.8. The molecule has 1 N–H and O–H groups in total. The molecular formula is C27H33N5O6. The quantitative estimate of drug-likeness (QED) is 0.593. The molecule has 2 fully saturated rings. The summed E-state index contributed by atoms with van der Waals surface area (Å²) in [7, 11) is 3.32. The summed E-state index contributed by atoms with van der Waals surface area (Å²) < 4.78 is 16.1. The number of hydrazine groups is 1. The van der Waals surface area contributed by atoms with Crippen LogP contribution in [-0.2, 0) is 22.7 Å². The number of urea groups is 1. The van der Waals surface area contributed by atoms with E-state index < -0.39 is 12.2 Å². The molecule has 2 aromatic carbocycles. The number of rotatable bonds is 7. The van der Waals surface area contributed by atoms with Crippen LogP contribution < -0.4 is 19.5 Å². The molecule has 3 aliphatic heterocycles. The van der Waals surface area contributed by atoms with E-state index in [1.165, 1.54) is 0 Å². The molecule has 3 heterocycles. The van der Waals surface area contributed by atoms with Crippen molar-refractivity contribution >= 4 is 17.8 Å². The van der Waals surface area contributed by atoms with Gasteiger partial charge in [-0.3, -0.25) is 9.59 Å². The third-order valence-corrected chi connectivity index (χ3v) is 7.12.